The van der Waals surface area contributed by atoms with Crippen LogP contribution in [0.4, 0.5) is 0 Å². The Balaban J connectivity index is 2.42. The van der Waals surface area contributed by atoms with Crippen LogP contribution in [0, 0.1) is 0 Å². The third kappa shape index (κ3) is 4.99. The molecule has 1 saturated heterocycles. The highest BCUT2D eigenvalue weighted by atomic mass is 16.7. The Morgan fingerprint density at radius 1 is 1.15 bits per heavy atom. The maximum absolute atomic E-state index is 11.5. The van der Waals surface area contributed by atoms with Gasteiger partial charge in [-0.3, -0.25) is 4.79 Å². The smallest absolute Gasteiger partial charge is 0.400 e. The van der Waals surface area contributed by atoms with Crippen molar-refractivity contribution < 1.29 is 23.6 Å². The molecule has 1 fully saturated rings. The van der Waals surface area contributed by atoms with Crippen molar-refractivity contribution in [3.8, 4) is 0 Å². The highest BCUT2D eigenvalue weighted by Gasteiger charge is 2.52. The van der Waals surface area contributed by atoms with Gasteiger partial charge >= 0.3 is 7.12 Å². The first-order chi connectivity index (χ1) is 12.6. The molecule has 0 aromatic heterocycles. The fourth-order valence-electron chi connectivity index (χ4n) is 2.83. The molecule has 0 aliphatic carbocycles. The molecule has 1 N–H and O–H groups in total. The van der Waals surface area contributed by atoms with Crippen molar-refractivity contribution in [3.63, 3.8) is 0 Å². The van der Waals surface area contributed by atoms with Crippen molar-refractivity contribution in [2.45, 2.75) is 52.1 Å². The molecular formula is C20H30BNO5. The van der Waals surface area contributed by atoms with Crippen molar-refractivity contribution in [1.29, 1.82) is 0 Å². The summed E-state index contributed by atoms with van der Waals surface area (Å²) in [5.74, 6) is -0.114. The summed E-state index contributed by atoms with van der Waals surface area (Å²) in [6.07, 6.45) is 1.48. The molecule has 0 radical (unpaired) electrons. The van der Waals surface area contributed by atoms with Crippen LogP contribution in [0.2, 0.25) is 0 Å². The van der Waals surface area contributed by atoms with Crippen molar-refractivity contribution >= 4 is 19.1 Å². The number of amides is 1. The standard InChI is InChI=1S/C20H30BNO5/c1-14(23)22-13-16(21-26-19(2,3)20(4,5)27-21)12-15-10-8-9-11-17(15)18(24-6)25-7/h8-12,18H,13H2,1-7H3,(H,22,23). The molecule has 1 heterocycles. The molecule has 0 spiro atoms. The topological polar surface area (TPSA) is 66.0 Å². The van der Waals surface area contributed by atoms with Gasteiger partial charge in [0.25, 0.3) is 0 Å². The lowest BCUT2D eigenvalue weighted by molar-refractivity contribution is -0.118. The predicted octanol–water partition coefficient (Wildman–Crippen LogP) is 3.13. The monoisotopic (exact) mass is 375 g/mol. The van der Waals surface area contributed by atoms with Crippen LogP contribution >= 0.6 is 0 Å². The lowest BCUT2D eigenvalue weighted by Gasteiger charge is -2.32. The zero-order valence-corrected chi connectivity index (χ0v) is 17.3. The lowest BCUT2D eigenvalue weighted by atomic mass is 9.76. The average Bonchev–Trinajstić information content (AvgIpc) is 2.81. The van der Waals surface area contributed by atoms with Gasteiger partial charge in [0, 0.05) is 33.3 Å². The summed E-state index contributed by atoms with van der Waals surface area (Å²) in [5.41, 5.74) is 1.70. The van der Waals surface area contributed by atoms with Gasteiger partial charge in [-0.05, 0) is 38.7 Å². The molecular weight excluding hydrogens is 345 g/mol. The molecule has 1 aromatic rings. The maximum Gasteiger partial charge on any atom is 0.492 e. The lowest BCUT2D eigenvalue weighted by Crippen LogP contribution is -2.41. The minimum atomic E-state index is -0.557. The van der Waals surface area contributed by atoms with E-state index in [0.29, 0.717) is 6.54 Å². The molecule has 7 heteroatoms. The summed E-state index contributed by atoms with van der Waals surface area (Å²) in [5, 5.41) is 2.84. The van der Waals surface area contributed by atoms with Gasteiger partial charge in [-0.25, -0.2) is 0 Å². The molecule has 1 aromatic carbocycles. The molecule has 0 saturated carbocycles. The molecule has 1 aliphatic heterocycles. The number of rotatable bonds is 7. The first-order valence-corrected chi connectivity index (χ1v) is 9.06. The average molecular weight is 375 g/mol. The van der Waals surface area contributed by atoms with Gasteiger partial charge in [0.2, 0.25) is 5.91 Å². The van der Waals surface area contributed by atoms with Gasteiger partial charge < -0.3 is 24.1 Å². The Labute approximate surface area is 162 Å². The maximum atomic E-state index is 11.5. The van der Waals surface area contributed by atoms with Gasteiger partial charge in [-0.2, -0.15) is 0 Å². The molecule has 2 rings (SSSR count). The van der Waals surface area contributed by atoms with E-state index in [1.807, 2.05) is 58.0 Å². The molecule has 0 unspecified atom stereocenters. The van der Waals surface area contributed by atoms with Crippen LogP contribution in [0.25, 0.3) is 6.08 Å². The summed E-state index contributed by atoms with van der Waals surface area (Å²) < 4.78 is 23.2. The third-order valence-electron chi connectivity index (χ3n) is 5.12. The van der Waals surface area contributed by atoms with Crippen LogP contribution in [0.5, 0.6) is 0 Å². The Bertz CT molecular complexity index is 681. The first kappa shape index (κ1) is 21.6. The number of ether oxygens (including phenoxy) is 2. The van der Waals surface area contributed by atoms with Crippen LogP contribution in [0.1, 0.15) is 52.0 Å². The van der Waals surface area contributed by atoms with E-state index >= 15 is 0 Å². The van der Waals surface area contributed by atoms with Gasteiger partial charge in [0.05, 0.1) is 11.2 Å². The number of methoxy groups -OCH3 is 2. The van der Waals surface area contributed by atoms with Crippen molar-refractivity contribution in [1.82, 2.24) is 5.32 Å². The van der Waals surface area contributed by atoms with Gasteiger partial charge in [-0.15, -0.1) is 0 Å². The Morgan fingerprint density at radius 3 is 2.22 bits per heavy atom. The Hall–Kier alpha value is -1.67. The molecule has 0 bridgehead atoms. The first-order valence-electron chi connectivity index (χ1n) is 9.06. The Kier molecular flexibility index (Phi) is 6.86. The second-order valence-corrected chi connectivity index (χ2v) is 7.65. The minimum Gasteiger partial charge on any atom is -0.400 e. The number of hydrogen-bond acceptors (Lipinski definition) is 5. The predicted molar refractivity (Wildman–Crippen MR) is 106 cm³/mol. The van der Waals surface area contributed by atoms with Crippen molar-refractivity contribution in [3.05, 3.63) is 40.9 Å². The van der Waals surface area contributed by atoms with E-state index in [9.17, 15) is 4.79 Å². The molecule has 148 valence electrons. The molecule has 1 aliphatic rings. The van der Waals surface area contributed by atoms with E-state index < -0.39 is 24.6 Å². The summed E-state index contributed by atoms with van der Waals surface area (Å²) in [7, 11) is 2.64. The SMILES string of the molecule is COC(OC)c1ccccc1C=C(CNC(C)=O)B1OC(C)(C)C(C)(C)O1. The van der Waals surface area contributed by atoms with E-state index in [2.05, 4.69) is 5.32 Å². The number of nitrogens with one attached hydrogen (secondary N) is 1. The van der Waals surface area contributed by atoms with Gasteiger partial charge in [-0.1, -0.05) is 30.3 Å². The largest absolute Gasteiger partial charge is 0.492 e. The van der Waals surface area contributed by atoms with Crippen LogP contribution in [0.3, 0.4) is 0 Å². The van der Waals surface area contributed by atoms with Crippen LogP contribution < -0.4 is 5.32 Å². The third-order valence-corrected chi connectivity index (χ3v) is 5.12. The normalized spacial score (nSPS) is 18.8. The van der Waals surface area contributed by atoms with Crippen LogP contribution in [-0.4, -0.2) is 45.0 Å². The summed E-state index contributed by atoms with van der Waals surface area (Å²) in [6, 6.07) is 7.79. The number of hydrogen-bond donors (Lipinski definition) is 1. The van der Waals surface area contributed by atoms with Crippen LogP contribution in [-0.2, 0) is 23.6 Å². The molecule has 0 atom stereocenters. The Morgan fingerprint density at radius 2 is 1.70 bits per heavy atom. The number of carbonyl (C=O) groups is 1. The highest BCUT2D eigenvalue weighted by molar-refractivity contribution is 6.56. The quantitative estimate of drug-likeness (QED) is 0.586. The van der Waals surface area contributed by atoms with Crippen molar-refractivity contribution in [2.75, 3.05) is 20.8 Å². The van der Waals surface area contributed by atoms with E-state index in [1.54, 1.807) is 14.2 Å². The fourth-order valence-corrected chi connectivity index (χ4v) is 2.83. The molecule has 6 nitrogen and oxygen atoms in total. The van der Waals surface area contributed by atoms with E-state index in [1.165, 1.54) is 6.92 Å². The molecule has 27 heavy (non-hydrogen) atoms. The second-order valence-electron chi connectivity index (χ2n) is 7.65. The zero-order valence-electron chi connectivity index (χ0n) is 17.3. The van der Waals surface area contributed by atoms with E-state index in [4.69, 9.17) is 18.8 Å². The summed E-state index contributed by atoms with van der Waals surface area (Å²) >= 11 is 0. The molecule has 1 amide bonds. The number of carbonyl (C=O) groups excluding carboxylic acids is 1. The van der Waals surface area contributed by atoms with Gasteiger partial charge in [0.1, 0.15) is 0 Å². The van der Waals surface area contributed by atoms with E-state index in [-0.39, 0.29) is 5.91 Å². The minimum absolute atomic E-state index is 0.114. The van der Waals surface area contributed by atoms with Gasteiger partial charge in [0.15, 0.2) is 6.29 Å². The second kappa shape index (κ2) is 8.56. The summed E-state index contributed by atoms with van der Waals surface area (Å²) in [4.78, 5) is 11.5. The summed E-state index contributed by atoms with van der Waals surface area (Å²) in [6.45, 7) is 9.82. The van der Waals surface area contributed by atoms with E-state index in [0.717, 1.165) is 16.6 Å². The highest BCUT2D eigenvalue weighted by Crippen LogP contribution is 2.39. The fraction of sp³-hybridized carbons (Fsp3) is 0.550. The zero-order chi connectivity index (χ0) is 20.2. The number of benzene rings is 1. The van der Waals surface area contributed by atoms with Crippen LogP contribution in [0.15, 0.2) is 29.7 Å². The van der Waals surface area contributed by atoms with Crippen molar-refractivity contribution in [2.24, 2.45) is 0 Å².